The summed E-state index contributed by atoms with van der Waals surface area (Å²) in [5.74, 6) is -0.973. The van der Waals surface area contributed by atoms with E-state index in [1.165, 1.54) is 25.1 Å². The first-order valence-corrected chi connectivity index (χ1v) is 11.6. The normalized spacial score (nSPS) is 11.1. The molecule has 12 heteroatoms. The van der Waals surface area contributed by atoms with Crippen molar-refractivity contribution in [2.45, 2.75) is 11.8 Å². The molecule has 166 valence electrons. The van der Waals surface area contributed by atoms with Crippen LogP contribution in [0.1, 0.15) is 17.3 Å². The summed E-state index contributed by atoms with van der Waals surface area (Å²) in [7, 11) is -3.89. The fourth-order valence-electron chi connectivity index (χ4n) is 2.52. The maximum Gasteiger partial charge on any atom is 0.238 e. The van der Waals surface area contributed by atoms with Crippen molar-refractivity contribution in [2.24, 2.45) is 5.14 Å². The molecular weight excluding hydrogens is 457 g/mol. The molecule has 0 aliphatic heterocycles. The number of halogens is 1. The average Bonchev–Trinajstić information content (AvgIpc) is 2.74. The number of Topliss-reactive ketones (excluding diaryl/α,β-unsaturated/α-hetero) is 1. The Morgan fingerprint density at radius 1 is 1.09 bits per heavy atom. The molecule has 0 saturated heterocycles. The van der Waals surface area contributed by atoms with Crippen molar-refractivity contribution >= 4 is 55.8 Å². The lowest BCUT2D eigenvalue weighted by atomic mass is 10.1. The van der Waals surface area contributed by atoms with Gasteiger partial charge in [-0.25, -0.2) is 22.9 Å². The van der Waals surface area contributed by atoms with Crippen LogP contribution in [-0.4, -0.2) is 35.0 Å². The van der Waals surface area contributed by atoms with Crippen LogP contribution in [-0.2, 0) is 14.8 Å². The Morgan fingerprint density at radius 2 is 1.81 bits per heavy atom. The number of primary sulfonamides is 1. The lowest BCUT2D eigenvalue weighted by Crippen LogP contribution is -2.12. The van der Waals surface area contributed by atoms with Crippen LogP contribution in [0.4, 0.5) is 27.5 Å². The number of hydrogen-bond donors (Lipinski definition) is 3. The summed E-state index contributed by atoms with van der Waals surface area (Å²) in [5, 5.41) is 10.6. The van der Waals surface area contributed by atoms with Gasteiger partial charge < -0.3 is 10.6 Å². The standard InChI is InChI=1S/C20H18FN5O4S2/c1-12(27)31-11-18(28)13-5-7-14(8-6-13)24-19-17(21)10-23-20(26-19)25-15-3-2-4-16(9-15)32(22,29)30/h2-10H,11H2,1H3,(H2,22,29,30)(H2,23,24,25,26). The van der Waals surface area contributed by atoms with Crippen LogP contribution in [0.15, 0.2) is 59.6 Å². The zero-order valence-electron chi connectivity index (χ0n) is 16.7. The minimum absolute atomic E-state index is 0.0218. The van der Waals surface area contributed by atoms with Gasteiger partial charge in [-0.05, 0) is 42.5 Å². The van der Waals surface area contributed by atoms with E-state index in [0.717, 1.165) is 18.0 Å². The summed E-state index contributed by atoms with van der Waals surface area (Å²) in [4.78, 5) is 30.9. The number of nitrogens with one attached hydrogen (secondary N) is 2. The predicted molar refractivity (Wildman–Crippen MR) is 120 cm³/mol. The summed E-state index contributed by atoms with van der Waals surface area (Å²) in [6, 6.07) is 12.0. The Balaban J connectivity index is 1.74. The van der Waals surface area contributed by atoms with E-state index in [2.05, 4.69) is 20.6 Å². The molecule has 2 aromatic carbocycles. The van der Waals surface area contributed by atoms with Gasteiger partial charge in [0.2, 0.25) is 16.0 Å². The van der Waals surface area contributed by atoms with Crippen molar-refractivity contribution in [1.29, 1.82) is 0 Å². The fraction of sp³-hybridized carbons (Fsp3) is 0.100. The molecule has 0 amide bonds. The fourth-order valence-corrected chi connectivity index (χ4v) is 3.58. The molecule has 32 heavy (non-hydrogen) atoms. The van der Waals surface area contributed by atoms with Gasteiger partial charge in [0.1, 0.15) is 0 Å². The SMILES string of the molecule is CC(=O)SCC(=O)c1ccc(Nc2nc(Nc3cccc(S(N)(=O)=O)c3)ncc2F)cc1. The van der Waals surface area contributed by atoms with Gasteiger partial charge in [-0.1, -0.05) is 17.8 Å². The van der Waals surface area contributed by atoms with Crippen molar-refractivity contribution in [2.75, 3.05) is 16.4 Å². The Morgan fingerprint density at radius 3 is 2.47 bits per heavy atom. The summed E-state index contributed by atoms with van der Waals surface area (Å²) in [6.45, 7) is 1.39. The molecule has 0 aliphatic carbocycles. The number of aromatic nitrogens is 2. The van der Waals surface area contributed by atoms with Gasteiger partial charge >= 0.3 is 0 Å². The Hall–Kier alpha value is -3.35. The minimum atomic E-state index is -3.89. The van der Waals surface area contributed by atoms with E-state index in [1.54, 1.807) is 30.3 Å². The number of benzene rings is 2. The largest absolute Gasteiger partial charge is 0.338 e. The third kappa shape index (κ3) is 6.33. The quantitative estimate of drug-likeness (QED) is 0.418. The van der Waals surface area contributed by atoms with E-state index in [-0.39, 0.29) is 33.3 Å². The Labute approximate surface area is 187 Å². The number of nitrogens with two attached hydrogens (primary N) is 1. The van der Waals surface area contributed by atoms with Crippen molar-refractivity contribution in [1.82, 2.24) is 9.97 Å². The molecule has 3 rings (SSSR count). The second kappa shape index (κ2) is 9.85. The van der Waals surface area contributed by atoms with Crippen LogP contribution in [0.3, 0.4) is 0 Å². The lowest BCUT2D eigenvalue weighted by Gasteiger charge is -2.10. The van der Waals surface area contributed by atoms with Gasteiger partial charge in [0.25, 0.3) is 0 Å². The van der Waals surface area contributed by atoms with E-state index in [1.807, 2.05) is 0 Å². The highest BCUT2D eigenvalue weighted by atomic mass is 32.2. The monoisotopic (exact) mass is 475 g/mol. The van der Waals surface area contributed by atoms with E-state index < -0.39 is 15.8 Å². The van der Waals surface area contributed by atoms with Gasteiger partial charge in [-0.15, -0.1) is 0 Å². The highest BCUT2D eigenvalue weighted by Crippen LogP contribution is 2.22. The summed E-state index contributed by atoms with van der Waals surface area (Å²) in [5.41, 5.74) is 1.24. The van der Waals surface area contributed by atoms with Gasteiger partial charge in [0.05, 0.1) is 16.8 Å². The third-order valence-electron chi connectivity index (χ3n) is 4.04. The average molecular weight is 476 g/mol. The first-order valence-electron chi connectivity index (χ1n) is 9.08. The molecule has 0 saturated carbocycles. The van der Waals surface area contributed by atoms with Crippen molar-refractivity contribution in [3.8, 4) is 0 Å². The number of carbonyl (C=O) groups is 2. The number of thioether (sulfide) groups is 1. The van der Waals surface area contributed by atoms with Crippen LogP contribution >= 0.6 is 11.8 Å². The maximum atomic E-state index is 14.2. The Bertz CT molecular complexity index is 1270. The number of hydrogen-bond acceptors (Lipinski definition) is 9. The molecule has 0 radical (unpaired) electrons. The number of sulfonamides is 1. The third-order valence-corrected chi connectivity index (χ3v) is 5.76. The first-order chi connectivity index (χ1) is 15.1. The molecule has 9 nitrogen and oxygen atoms in total. The van der Waals surface area contributed by atoms with Crippen LogP contribution in [0, 0.1) is 5.82 Å². The molecule has 0 atom stereocenters. The van der Waals surface area contributed by atoms with Crippen molar-refractivity contribution in [3.05, 3.63) is 66.1 Å². The van der Waals surface area contributed by atoms with Crippen LogP contribution in [0.25, 0.3) is 0 Å². The molecule has 0 aliphatic rings. The van der Waals surface area contributed by atoms with E-state index in [9.17, 15) is 22.4 Å². The number of anilines is 4. The molecule has 0 spiro atoms. The van der Waals surface area contributed by atoms with Gasteiger partial charge in [-0.2, -0.15) is 4.98 Å². The van der Waals surface area contributed by atoms with Gasteiger partial charge in [0.15, 0.2) is 22.5 Å². The second-order valence-corrected chi connectivity index (χ2v) is 9.21. The number of nitrogens with zero attached hydrogens (tertiary/aromatic N) is 2. The van der Waals surface area contributed by atoms with Crippen LogP contribution < -0.4 is 15.8 Å². The number of ketones is 1. The molecule has 0 unspecified atom stereocenters. The van der Waals surface area contributed by atoms with Crippen molar-refractivity contribution in [3.63, 3.8) is 0 Å². The minimum Gasteiger partial charge on any atom is -0.338 e. The summed E-state index contributed by atoms with van der Waals surface area (Å²) >= 11 is 0.929. The number of rotatable bonds is 8. The highest BCUT2D eigenvalue weighted by molar-refractivity contribution is 8.14. The van der Waals surface area contributed by atoms with E-state index in [0.29, 0.717) is 16.9 Å². The Kier molecular flexibility index (Phi) is 7.18. The highest BCUT2D eigenvalue weighted by Gasteiger charge is 2.12. The second-order valence-electron chi connectivity index (χ2n) is 6.49. The van der Waals surface area contributed by atoms with Crippen molar-refractivity contribution < 1.29 is 22.4 Å². The molecule has 1 aromatic heterocycles. The molecule has 4 N–H and O–H groups in total. The van der Waals surface area contributed by atoms with Gasteiger partial charge in [0, 0.05) is 23.9 Å². The lowest BCUT2D eigenvalue weighted by molar-refractivity contribution is -0.109. The molecule has 0 bridgehead atoms. The zero-order valence-corrected chi connectivity index (χ0v) is 18.3. The molecule has 3 aromatic rings. The predicted octanol–water partition coefficient (Wildman–Crippen LogP) is 3.21. The summed E-state index contributed by atoms with van der Waals surface area (Å²) < 4.78 is 37.2. The first kappa shape index (κ1) is 23.3. The molecular formula is C20H18FN5O4S2. The smallest absolute Gasteiger partial charge is 0.238 e. The topological polar surface area (TPSA) is 144 Å². The van der Waals surface area contributed by atoms with Gasteiger partial charge in [-0.3, -0.25) is 9.59 Å². The van der Waals surface area contributed by atoms with E-state index in [4.69, 9.17) is 5.14 Å². The van der Waals surface area contributed by atoms with Crippen LogP contribution in [0.2, 0.25) is 0 Å². The van der Waals surface area contributed by atoms with Crippen LogP contribution in [0.5, 0.6) is 0 Å². The molecule has 1 heterocycles. The molecule has 0 fully saturated rings. The zero-order chi connectivity index (χ0) is 23.3. The van der Waals surface area contributed by atoms with E-state index >= 15 is 0 Å². The summed E-state index contributed by atoms with van der Waals surface area (Å²) in [6.07, 6.45) is 0.956. The maximum absolute atomic E-state index is 14.2. The number of carbonyl (C=O) groups excluding carboxylic acids is 2.